The number of rotatable bonds is 4. The monoisotopic (exact) mass is 259 g/mol. The van der Waals surface area contributed by atoms with Crippen LogP contribution in [0.15, 0.2) is 42.5 Å². The van der Waals surface area contributed by atoms with Gasteiger partial charge in [-0.05, 0) is 43.2 Å². The Morgan fingerprint density at radius 2 is 1.89 bits per heavy atom. The molecule has 0 radical (unpaired) electrons. The Balaban J connectivity index is 2.33. The largest absolute Gasteiger partial charge is 0.457 e. The zero-order valence-electron chi connectivity index (χ0n) is 11.2. The van der Waals surface area contributed by atoms with E-state index in [2.05, 4.69) is 0 Å². The highest BCUT2D eigenvalue weighted by Crippen LogP contribution is 2.31. The smallest absolute Gasteiger partial charge is 0.132 e. The second-order valence-electron chi connectivity index (χ2n) is 4.56. The quantitative estimate of drug-likeness (QED) is 0.886. The Hall–Kier alpha value is -1.87. The number of benzene rings is 2. The van der Waals surface area contributed by atoms with E-state index in [0.717, 1.165) is 23.3 Å². The summed E-state index contributed by atoms with van der Waals surface area (Å²) in [7, 11) is 0. The highest BCUT2D eigenvalue weighted by atomic mass is 19.1. The van der Waals surface area contributed by atoms with Gasteiger partial charge in [-0.15, -0.1) is 0 Å². The molecule has 0 amide bonds. The van der Waals surface area contributed by atoms with E-state index in [1.165, 1.54) is 12.1 Å². The van der Waals surface area contributed by atoms with Crippen LogP contribution < -0.4 is 10.5 Å². The molecule has 2 N–H and O–H groups in total. The molecule has 0 unspecified atom stereocenters. The van der Waals surface area contributed by atoms with Crippen molar-refractivity contribution in [3.63, 3.8) is 0 Å². The minimum atomic E-state index is -0.261. The van der Waals surface area contributed by atoms with Crippen molar-refractivity contribution < 1.29 is 9.13 Å². The van der Waals surface area contributed by atoms with Crippen LogP contribution in [0.25, 0.3) is 0 Å². The number of ether oxygens (including phenoxy) is 1. The Morgan fingerprint density at radius 3 is 2.58 bits per heavy atom. The predicted octanol–water partition coefficient (Wildman–Crippen LogP) is 4.34. The maximum atomic E-state index is 13.1. The van der Waals surface area contributed by atoms with Crippen LogP contribution in [-0.4, -0.2) is 0 Å². The molecule has 0 bridgehead atoms. The topological polar surface area (TPSA) is 35.2 Å². The molecule has 0 saturated carbocycles. The summed E-state index contributed by atoms with van der Waals surface area (Å²) >= 11 is 0. The first-order valence-electron chi connectivity index (χ1n) is 6.40. The van der Waals surface area contributed by atoms with E-state index in [4.69, 9.17) is 10.5 Å². The van der Waals surface area contributed by atoms with E-state index in [-0.39, 0.29) is 11.9 Å². The molecule has 0 aliphatic rings. The van der Waals surface area contributed by atoms with Gasteiger partial charge in [-0.1, -0.05) is 25.1 Å². The third-order valence-electron chi connectivity index (χ3n) is 3.12. The Labute approximate surface area is 113 Å². The van der Waals surface area contributed by atoms with Gasteiger partial charge in [0.25, 0.3) is 0 Å². The van der Waals surface area contributed by atoms with E-state index in [0.29, 0.717) is 5.75 Å². The molecule has 2 nitrogen and oxygen atoms in total. The normalized spacial score (nSPS) is 12.2. The van der Waals surface area contributed by atoms with Crippen molar-refractivity contribution in [1.82, 2.24) is 0 Å². The van der Waals surface area contributed by atoms with Crippen LogP contribution in [0, 0.1) is 12.7 Å². The van der Waals surface area contributed by atoms with Gasteiger partial charge in [-0.25, -0.2) is 4.39 Å². The van der Waals surface area contributed by atoms with Crippen molar-refractivity contribution >= 4 is 0 Å². The lowest BCUT2D eigenvalue weighted by atomic mass is 10.0. The van der Waals surface area contributed by atoms with Crippen LogP contribution in [0.3, 0.4) is 0 Å². The summed E-state index contributed by atoms with van der Waals surface area (Å²) in [5.74, 6) is 1.12. The lowest BCUT2D eigenvalue weighted by molar-refractivity contribution is 0.463. The third kappa shape index (κ3) is 3.12. The van der Waals surface area contributed by atoms with Crippen molar-refractivity contribution in [3.8, 4) is 11.5 Å². The van der Waals surface area contributed by atoms with Gasteiger partial charge < -0.3 is 10.5 Å². The number of para-hydroxylation sites is 1. The number of nitrogens with two attached hydrogens (primary N) is 1. The van der Waals surface area contributed by atoms with Crippen LogP contribution in [0.4, 0.5) is 4.39 Å². The van der Waals surface area contributed by atoms with Crippen molar-refractivity contribution in [3.05, 3.63) is 59.4 Å². The van der Waals surface area contributed by atoms with Gasteiger partial charge in [0.15, 0.2) is 0 Å². The van der Waals surface area contributed by atoms with Crippen LogP contribution >= 0.6 is 0 Å². The summed E-state index contributed by atoms with van der Waals surface area (Å²) in [6, 6.07) is 12.1. The number of aryl methyl sites for hydroxylation is 1. The van der Waals surface area contributed by atoms with Crippen LogP contribution in [0.1, 0.15) is 30.5 Å². The summed E-state index contributed by atoms with van der Waals surface area (Å²) in [5, 5.41) is 0. The van der Waals surface area contributed by atoms with Gasteiger partial charge in [0.05, 0.1) is 0 Å². The zero-order valence-corrected chi connectivity index (χ0v) is 11.2. The molecule has 0 spiro atoms. The first-order valence-corrected chi connectivity index (χ1v) is 6.40. The van der Waals surface area contributed by atoms with Crippen LogP contribution in [-0.2, 0) is 0 Å². The molecule has 19 heavy (non-hydrogen) atoms. The minimum absolute atomic E-state index is 0.0584. The van der Waals surface area contributed by atoms with E-state index in [1.807, 2.05) is 38.1 Å². The molecule has 0 saturated heterocycles. The van der Waals surface area contributed by atoms with Crippen molar-refractivity contribution in [2.45, 2.75) is 26.3 Å². The summed E-state index contributed by atoms with van der Waals surface area (Å²) < 4.78 is 18.9. The van der Waals surface area contributed by atoms with Crippen molar-refractivity contribution in [2.24, 2.45) is 5.73 Å². The maximum Gasteiger partial charge on any atom is 0.132 e. The maximum absolute atomic E-state index is 13.1. The molecule has 0 fully saturated rings. The second kappa shape index (κ2) is 5.85. The third-order valence-corrected chi connectivity index (χ3v) is 3.12. The van der Waals surface area contributed by atoms with Crippen molar-refractivity contribution in [1.29, 1.82) is 0 Å². The van der Waals surface area contributed by atoms with E-state index in [1.54, 1.807) is 6.07 Å². The van der Waals surface area contributed by atoms with E-state index >= 15 is 0 Å². The van der Waals surface area contributed by atoms with Gasteiger partial charge in [0, 0.05) is 11.6 Å². The Bertz CT molecular complexity index is 568. The van der Waals surface area contributed by atoms with E-state index < -0.39 is 0 Å². The molecule has 100 valence electrons. The molecule has 0 aromatic heterocycles. The summed E-state index contributed by atoms with van der Waals surface area (Å²) in [6.07, 6.45) is 0.836. The molecular formula is C16H18FNO. The number of halogens is 1. The summed E-state index contributed by atoms with van der Waals surface area (Å²) in [5.41, 5.74) is 7.80. The van der Waals surface area contributed by atoms with Gasteiger partial charge in [0.2, 0.25) is 0 Å². The van der Waals surface area contributed by atoms with Gasteiger partial charge in [-0.3, -0.25) is 0 Å². The fraction of sp³-hybridized carbons (Fsp3) is 0.250. The molecule has 2 aromatic carbocycles. The van der Waals surface area contributed by atoms with Crippen LogP contribution in [0.5, 0.6) is 11.5 Å². The first kappa shape index (κ1) is 13.6. The molecule has 2 rings (SSSR count). The molecule has 0 heterocycles. The van der Waals surface area contributed by atoms with E-state index in [9.17, 15) is 4.39 Å². The number of hydrogen-bond acceptors (Lipinski definition) is 2. The first-order chi connectivity index (χ1) is 9.11. The number of hydrogen-bond donors (Lipinski definition) is 1. The fourth-order valence-corrected chi connectivity index (χ4v) is 1.95. The molecular weight excluding hydrogens is 241 g/mol. The average Bonchev–Trinajstić information content (AvgIpc) is 2.41. The SMILES string of the molecule is CC[C@H](N)c1ccccc1Oc1ccc(F)cc1C. The minimum Gasteiger partial charge on any atom is -0.457 e. The van der Waals surface area contributed by atoms with Crippen molar-refractivity contribution in [2.75, 3.05) is 0 Å². The summed E-state index contributed by atoms with van der Waals surface area (Å²) in [6.45, 7) is 3.85. The average molecular weight is 259 g/mol. The Kier molecular flexibility index (Phi) is 4.17. The molecule has 2 aromatic rings. The van der Waals surface area contributed by atoms with Gasteiger partial charge in [0.1, 0.15) is 17.3 Å². The highest BCUT2D eigenvalue weighted by molar-refractivity contribution is 5.42. The second-order valence-corrected chi connectivity index (χ2v) is 4.56. The lowest BCUT2D eigenvalue weighted by Crippen LogP contribution is -2.09. The molecule has 1 atom stereocenters. The predicted molar refractivity (Wildman–Crippen MR) is 74.9 cm³/mol. The van der Waals surface area contributed by atoms with Crippen LogP contribution in [0.2, 0.25) is 0 Å². The Morgan fingerprint density at radius 1 is 1.16 bits per heavy atom. The fourth-order valence-electron chi connectivity index (χ4n) is 1.95. The molecule has 0 aliphatic carbocycles. The summed E-state index contributed by atoms with van der Waals surface area (Å²) in [4.78, 5) is 0. The van der Waals surface area contributed by atoms with Gasteiger partial charge in [-0.2, -0.15) is 0 Å². The standard InChI is InChI=1S/C16H18FNO/c1-3-14(18)13-6-4-5-7-16(13)19-15-9-8-12(17)10-11(15)2/h4-10,14H,3,18H2,1-2H3/t14-/m0/s1. The van der Waals surface area contributed by atoms with Gasteiger partial charge >= 0.3 is 0 Å². The molecule has 3 heteroatoms. The highest BCUT2D eigenvalue weighted by Gasteiger charge is 2.11. The zero-order chi connectivity index (χ0) is 13.8. The lowest BCUT2D eigenvalue weighted by Gasteiger charge is -2.16. The molecule has 0 aliphatic heterocycles.